The van der Waals surface area contributed by atoms with Crippen molar-refractivity contribution in [3.63, 3.8) is 0 Å². The van der Waals surface area contributed by atoms with E-state index < -0.39 is 0 Å². The number of aromatic nitrogens is 4. The van der Waals surface area contributed by atoms with Crippen molar-refractivity contribution in [2.24, 2.45) is 0 Å². The molecule has 1 atom stereocenters. The molecule has 1 saturated carbocycles. The van der Waals surface area contributed by atoms with Gasteiger partial charge in [0, 0.05) is 31.9 Å². The van der Waals surface area contributed by atoms with Gasteiger partial charge in [0.05, 0.1) is 12.2 Å². The maximum absolute atomic E-state index is 12.8. The highest BCUT2D eigenvalue weighted by Crippen LogP contribution is 2.25. The van der Waals surface area contributed by atoms with E-state index in [9.17, 15) is 4.79 Å². The summed E-state index contributed by atoms with van der Waals surface area (Å²) in [5, 5.41) is 9.45. The number of hydrogen-bond acceptors (Lipinski definition) is 8. The molecule has 1 aromatic carbocycles. The zero-order valence-electron chi connectivity index (χ0n) is 21.3. The molecule has 1 aliphatic carbocycles. The molecule has 1 unspecified atom stereocenters. The first-order valence-electron chi connectivity index (χ1n) is 13.0. The third kappa shape index (κ3) is 5.60. The van der Waals surface area contributed by atoms with Gasteiger partial charge in [-0.05, 0) is 70.2 Å². The van der Waals surface area contributed by atoms with Crippen molar-refractivity contribution in [1.29, 1.82) is 0 Å². The zero-order chi connectivity index (χ0) is 25.1. The standard InChI is InChI=1S/C26H36N8O2/c1-17(2)36-21-11-6-12-33(15-21)14-18-7-4-10-20(13-18)29-25-31-23(27-3)22-24(32-25)34(16-28-22)26(35)30-19-8-5-9-19/h4,7,10,13,16-17,19,21H,5-6,8-9,11-12,14-15H2,1-3H3,(H,30,35)(H2,27,29,31,32). The lowest BCUT2D eigenvalue weighted by atomic mass is 9.93. The second-order valence-electron chi connectivity index (χ2n) is 10.0. The first kappa shape index (κ1) is 24.5. The normalized spacial score (nSPS) is 18.8. The van der Waals surface area contributed by atoms with E-state index in [0.717, 1.165) is 57.4 Å². The Balaban J connectivity index is 1.32. The van der Waals surface area contributed by atoms with Gasteiger partial charge in [0.15, 0.2) is 17.0 Å². The van der Waals surface area contributed by atoms with Crippen molar-refractivity contribution in [3.8, 4) is 0 Å². The zero-order valence-corrected chi connectivity index (χ0v) is 21.3. The summed E-state index contributed by atoms with van der Waals surface area (Å²) < 4.78 is 7.52. The fourth-order valence-corrected chi connectivity index (χ4v) is 4.86. The minimum Gasteiger partial charge on any atom is -0.374 e. The van der Waals surface area contributed by atoms with E-state index in [1.54, 1.807) is 7.05 Å². The lowest BCUT2D eigenvalue weighted by molar-refractivity contribution is -0.0347. The molecule has 1 amide bonds. The molecule has 3 N–H and O–H groups in total. The van der Waals surface area contributed by atoms with E-state index in [2.05, 4.69) is 61.8 Å². The second-order valence-corrected chi connectivity index (χ2v) is 10.0. The SMILES string of the molecule is CNc1nc(Nc2cccc(CN3CCCC(OC(C)C)C3)c2)nc2c1ncn2C(=O)NC1CCC1. The van der Waals surface area contributed by atoms with E-state index in [0.29, 0.717) is 29.0 Å². The summed E-state index contributed by atoms with van der Waals surface area (Å²) in [6, 6.07) is 8.32. The van der Waals surface area contributed by atoms with Crippen molar-refractivity contribution in [2.45, 2.75) is 70.7 Å². The number of carbonyl (C=O) groups is 1. The van der Waals surface area contributed by atoms with Crippen LogP contribution in [0.25, 0.3) is 11.2 Å². The quantitative estimate of drug-likeness (QED) is 0.431. The first-order valence-corrected chi connectivity index (χ1v) is 13.0. The molecule has 3 aromatic rings. The average Bonchev–Trinajstić information content (AvgIpc) is 3.25. The Morgan fingerprint density at radius 3 is 2.81 bits per heavy atom. The Morgan fingerprint density at radius 2 is 2.06 bits per heavy atom. The molecule has 10 nitrogen and oxygen atoms in total. The number of nitrogens with zero attached hydrogens (tertiary/aromatic N) is 5. The van der Waals surface area contributed by atoms with E-state index >= 15 is 0 Å². The Morgan fingerprint density at radius 1 is 1.19 bits per heavy atom. The summed E-state index contributed by atoms with van der Waals surface area (Å²) in [4.78, 5) is 28.9. The topological polar surface area (TPSA) is 109 Å². The summed E-state index contributed by atoms with van der Waals surface area (Å²) in [6.45, 7) is 7.09. The van der Waals surface area contributed by atoms with Gasteiger partial charge >= 0.3 is 6.03 Å². The number of piperidine rings is 1. The summed E-state index contributed by atoms with van der Waals surface area (Å²) in [7, 11) is 1.79. The lowest BCUT2D eigenvalue weighted by Crippen LogP contribution is -2.41. The maximum atomic E-state index is 12.8. The number of carbonyl (C=O) groups excluding carboxylic acids is 1. The molecular formula is C26H36N8O2. The summed E-state index contributed by atoms with van der Waals surface area (Å²) in [5.41, 5.74) is 3.13. The van der Waals surface area contributed by atoms with Crippen LogP contribution in [-0.2, 0) is 11.3 Å². The van der Waals surface area contributed by atoms with Gasteiger partial charge in [-0.1, -0.05) is 12.1 Å². The molecule has 2 aromatic heterocycles. The van der Waals surface area contributed by atoms with Gasteiger partial charge in [-0.2, -0.15) is 9.97 Å². The second kappa shape index (κ2) is 10.8. The first-order chi connectivity index (χ1) is 17.5. The molecule has 1 saturated heterocycles. The van der Waals surface area contributed by atoms with Gasteiger partial charge in [-0.25, -0.2) is 14.3 Å². The van der Waals surface area contributed by atoms with Gasteiger partial charge in [0.25, 0.3) is 0 Å². The molecule has 10 heteroatoms. The Hall–Kier alpha value is -3.24. The van der Waals surface area contributed by atoms with Gasteiger partial charge < -0.3 is 20.7 Å². The predicted octanol–water partition coefficient (Wildman–Crippen LogP) is 4.11. The van der Waals surface area contributed by atoms with E-state index in [-0.39, 0.29) is 18.2 Å². The van der Waals surface area contributed by atoms with Crippen LogP contribution < -0.4 is 16.0 Å². The van der Waals surface area contributed by atoms with Gasteiger partial charge in [0.2, 0.25) is 5.95 Å². The molecule has 5 rings (SSSR count). The third-order valence-corrected chi connectivity index (χ3v) is 6.80. The van der Waals surface area contributed by atoms with Crippen LogP contribution in [-0.4, -0.2) is 68.8 Å². The number of nitrogens with one attached hydrogen (secondary N) is 3. The molecule has 2 aliphatic rings. The number of imidazole rings is 1. The third-order valence-electron chi connectivity index (χ3n) is 6.80. The largest absolute Gasteiger partial charge is 0.374 e. The van der Waals surface area contributed by atoms with Crippen LogP contribution >= 0.6 is 0 Å². The Labute approximate surface area is 211 Å². The maximum Gasteiger partial charge on any atom is 0.328 e. The molecule has 0 spiro atoms. The van der Waals surface area contributed by atoms with Crippen LogP contribution in [0.5, 0.6) is 0 Å². The van der Waals surface area contributed by atoms with Gasteiger partial charge in [0.1, 0.15) is 6.33 Å². The van der Waals surface area contributed by atoms with Crippen LogP contribution in [0.15, 0.2) is 30.6 Å². The average molecular weight is 493 g/mol. The van der Waals surface area contributed by atoms with Crippen LogP contribution in [0.2, 0.25) is 0 Å². The van der Waals surface area contributed by atoms with Crippen molar-refractivity contribution in [2.75, 3.05) is 30.8 Å². The molecule has 3 heterocycles. The molecule has 0 bridgehead atoms. The monoisotopic (exact) mass is 492 g/mol. The highest BCUT2D eigenvalue weighted by atomic mass is 16.5. The lowest BCUT2D eigenvalue weighted by Gasteiger charge is -2.33. The van der Waals surface area contributed by atoms with Crippen molar-refractivity contribution in [3.05, 3.63) is 36.2 Å². The Kier molecular flexibility index (Phi) is 7.33. The fourth-order valence-electron chi connectivity index (χ4n) is 4.86. The summed E-state index contributed by atoms with van der Waals surface area (Å²) in [6.07, 6.45) is 7.51. The molecule has 2 fully saturated rings. The molecule has 36 heavy (non-hydrogen) atoms. The van der Waals surface area contributed by atoms with E-state index in [1.165, 1.54) is 16.5 Å². The number of amides is 1. The number of anilines is 3. The van der Waals surface area contributed by atoms with Gasteiger partial charge in [-0.3, -0.25) is 4.90 Å². The smallest absolute Gasteiger partial charge is 0.328 e. The fraction of sp³-hybridized carbons (Fsp3) is 0.538. The van der Waals surface area contributed by atoms with E-state index in [4.69, 9.17) is 4.74 Å². The van der Waals surface area contributed by atoms with E-state index in [1.807, 2.05) is 12.1 Å². The van der Waals surface area contributed by atoms with Crippen molar-refractivity contribution >= 4 is 34.6 Å². The molecule has 0 radical (unpaired) electrons. The number of fused-ring (bicyclic) bond motifs is 1. The summed E-state index contributed by atoms with van der Waals surface area (Å²) in [5.74, 6) is 0.976. The molecule has 1 aliphatic heterocycles. The highest BCUT2D eigenvalue weighted by molar-refractivity contribution is 5.92. The van der Waals surface area contributed by atoms with Crippen molar-refractivity contribution in [1.82, 2.24) is 29.7 Å². The van der Waals surface area contributed by atoms with Crippen LogP contribution in [0.1, 0.15) is 51.5 Å². The minimum atomic E-state index is -0.211. The summed E-state index contributed by atoms with van der Waals surface area (Å²) >= 11 is 0. The van der Waals surface area contributed by atoms with Crippen LogP contribution in [0, 0.1) is 0 Å². The van der Waals surface area contributed by atoms with Crippen LogP contribution in [0.4, 0.5) is 22.2 Å². The minimum absolute atomic E-state index is 0.211. The highest BCUT2D eigenvalue weighted by Gasteiger charge is 2.23. The van der Waals surface area contributed by atoms with Crippen LogP contribution in [0.3, 0.4) is 0 Å². The van der Waals surface area contributed by atoms with Crippen molar-refractivity contribution < 1.29 is 9.53 Å². The predicted molar refractivity (Wildman–Crippen MR) is 141 cm³/mol. The Bertz CT molecular complexity index is 1210. The number of likely N-dealkylation sites (tertiary alicyclic amines) is 1. The number of ether oxygens (including phenoxy) is 1. The molecular weight excluding hydrogens is 456 g/mol. The number of hydrogen-bond donors (Lipinski definition) is 3. The number of rotatable bonds is 8. The van der Waals surface area contributed by atoms with Gasteiger partial charge in [-0.15, -0.1) is 0 Å². The number of benzene rings is 1. The molecule has 192 valence electrons.